The van der Waals surface area contributed by atoms with Crippen LogP contribution in [0.1, 0.15) is 12.1 Å². The molecule has 1 aromatic heterocycles. The number of rotatable bonds is 3. The van der Waals surface area contributed by atoms with E-state index in [1.165, 1.54) is 11.3 Å². The molecule has 1 amide bonds. The van der Waals surface area contributed by atoms with Crippen molar-refractivity contribution in [2.24, 2.45) is 5.92 Å². The molecule has 80 valence electrons. The highest BCUT2D eigenvalue weighted by molar-refractivity contribution is 7.13. The largest absolute Gasteiger partial charge is 0.301 e. The summed E-state index contributed by atoms with van der Waals surface area (Å²) in [6, 6.07) is -0.703. The Labute approximate surface area is 89.5 Å². The Kier molecular flexibility index (Phi) is 2.39. The molecule has 1 saturated carbocycles. The fraction of sp³-hybridized carbons (Fsp3) is 0.500. The molecule has 2 rings (SSSR count). The Morgan fingerprint density at radius 2 is 2.53 bits per heavy atom. The summed E-state index contributed by atoms with van der Waals surface area (Å²) in [4.78, 5) is 25.4. The molecule has 1 fully saturated rings. The van der Waals surface area contributed by atoms with E-state index in [1.807, 2.05) is 12.3 Å². The first-order valence-corrected chi connectivity index (χ1v) is 5.32. The van der Waals surface area contributed by atoms with Crippen molar-refractivity contribution in [3.8, 4) is 0 Å². The zero-order chi connectivity index (χ0) is 11.0. The van der Waals surface area contributed by atoms with Crippen molar-refractivity contribution in [1.29, 1.82) is 0 Å². The van der Waals surface area contributed by atoms with Crippen molar-refractivity contribution >= 4 is 22.4 Å². The molecule has 1 N–H and O–H groups in total. The summed E-state index contributed by atoms with van der Waals surface area (Å²) in [6.07, 6.45) is 0.336. The Bertz CT molecular complexity index is 417. The molecule has 6 nitrogen and oxygen atoms in total. The van der Waals surface area contributed by atoms with Gasteiger partial charge in [0.05, 0.1) is 5.69 Å². The molecule has 0 saturated heterocycles. The van der Waals surface area contributed by atoms with Crippen molar-refractivity contribution in [1.82, 2.24) is 4.98 Å². The van der Waals surface area contributed by atoms with Crippen LogP contribution in [-0.2, 0) is 4.79 Å². The molecule has 0 aromatic carbocycles. The Balaban J connectivity index is 1.92. The average molecular weight is 227 g/mol. The van der Waals surface area contributed by atoms with Gasteiger partial charge in [-0.3, -0.25) is 14.9 Å². The smallest absolute Gasteiger partial charge is 0.236 e. The monoisotopic (exact) mass is 227 g/mol. The number of nitro groups is 1. The van der Waals surface area contributed by atoms with Gasteiger partial charge in [0.15, 0.2) is 5.13 Å². The summed E-state index contributed by atoms with van der Waals surface area (Å²) in [5.41, 5.74) is 0.830. The second kappa shape index (κ2) is 3.58. The van der Waals surface area contributed by atoms with Crippen molar-refractivity contribution in [2.45, 2.75) is 19.4 Å². The zero-order valence-corrected chi connectivity index (χ0v) is 8.78. The highest BCUT2D eigenvalue weighted by atomic mass is 32.1. The average Bonchev–Trinajstić information content (AvgIpc) is 2.86. The van der Waals surface area contributed by atoms with Gasteiger partial charge < -0.3 is 5.32 Å². The molecule has 1 aliphatic carbocycles. The van der Waals surface area contributed by atoms with Crippen LogP contribution in [0.5, 0.6) is 0 Å². The fourth-order valence-corrected chi connectivity index (χ4v) is 2.00. The Morgan fingerprint density at radius 3 is 3.00 bits per heavy atom. The van der Waals surface area contributed by atoms with E-state index < -0.39 is 16.9 Å². The van der Waals surface area contributed by atoms with E-state index in [0.717, 1.165) is 5.69 Å². The van der Waals surface area contributed by atoms with Crippen LogP contribution in [-0.4, -0.2) is 21.9 Å². The zero-order valence-electron chi connectivity index (χ0n) is 7.97. The minimum atomic E-state index is -0.703. The van der Waals surface area contributed by atoms with Gasteiger partial charge in [-0.25, -0.2) is 4.98 Å². The molecule has 1 aliphatic rings. The van der Waals surface area contributed by atoms with Gasteiger partial charge >= 0.3 is 0 Å². The Morgan fingerprint density at radius 1 is 1.80 bits per heavy atom. The Hall–Kier alpha value is -1.50. The van der Waals surface area contributed by atoms with Gasteiger partial charge in [0, 0.05) is 16.7 Å². The number of hydrogen-bond acceptors (Lipinski definition) is 5. The second-order valence-corrected chi connectivity index (χ2v) is 4.34. The SMILES string of the molecule is Cc1csc(NC(=O)[C@@H]2C[C@@H]2[N+](=O)[O-])n1. The summed E-state index contributed by atoms with van der Waals surface area (Å²) < 4.78 is 0. The van der Waals surface area contributed by atoms with Crippen LogP contribution in [0.3, 0.4) is 0 Å². The first-order chi connectivity index (χ1) is 7.08. The number of hydrogen-bond donors (Lipinski definition) is 1. The molecule has 0 bridgehead atoms. The maximum atomic E-state index is 11.4. The van der Waals surface area contributed by atoms with Crippen molar-refractivity contribution in [3.05, 3.63) is 21.2 Å². The predicted octanol–water partition coefficient (Wildman–Crippen LogP) is 1.06. The normalized spacial score (nSPS) is 23.5. The van der Waals surface area contributed by atoms with E-state index in [9.17, 15) is 14.9 Å². The van der Waals surface area contributed by atoms with Crippen LogP contribution in [0.25, 0.3) is 0 Å². The van der Waals surface area contributed by atoms with Crippen molar-refractivity contribution in [2.75, 3.05) is 5.32 Å². The number of aryl methyl sites for hydroxylation is 1. The number of thiazole rings is 1. The molecule has 1 aromatic rings. The van der Waals surface area contributed by atoms with E-state index >= 15 is 0 Å². The molecule has 7 heteroatoms. The van der Waals surface area contributed by atoms with E-state index in [4.69, 9.17) is 0 Å². The second-order valence-electron chi connectivity index (χ2n) is 3.48. The minimum absolute atomic E-state index is 0.300. The number of carbonyl (C=O) groups excluding carboxylic acids is 1. The van der Waals surface area contributed by atoms with Crippen LogP contribution >= 0.6 is 11.3 Å². The third-order valence-corrected chi connectivity index (χ3v) is 3.09. The number of aromatic nitrogens is 1. The molecule has 0 spiro atoms. The van der Waals surface area contributed by atoms with Gasteiger partial charge in [-0.2, -0.15) is 0 Å². The molecule has 1 heterocycles. The maximum absolute atomic E-state index is 11.4. The van der Waals surface area contributed by atoms with Crippen molar-refractivity contribution < 1.29 is 9.72 Å². The van der Waals surface area contributed by atoms with E-state index in [-0.39, 0.29) is 5.91 Å². The fourth-order valence-electron chi connectivity index (χ4n) is 1.31. The molecule has 0 radical (unpaired) electrons. The third-order valence-electron chi connectivity index (χ3n) is 2.21. The lowest BCUT2D eigenvalue weighted by atomic mass is 10.4. The molecular formula is C8H9N3O3S. The predicted molar refractivity (Wildman–Crippen MR) is 54.4 cm³/mol. The minimum Gasteiger partial charge on any atom is -0.301 e. The summed E-state index contributed by atoms with van der Waals surface area (Å²) in [7, 11) is 0. The van der Waals surface area contributed by atoms with Crippen LogP contribution in [0.15, 0.2) is 5.38 Å². The molecule has 2 atom stereocenters. The lowest BCUT2D eigenvalue weighted by Gasteiger charge is -1.97. The van der Waals surface area contributed by atoms with E-state index in [0.29, 0.717) is 11.6 Å². The number of amides is 1. The van der Waals surface area contributed by atoms with Gasteiger partial charge in [0.2, 0.25) is 11.9 Å². The highest BCUT2D eigenvalue weighted by Gasteiger charge is 2.53. The third kappa shape index (κ3) is 2.12. The van der Waals surface area contributed by atoms with Crippen molar-refractivity contribution in [3.63, 3.8) is 0 Å². The lowest BCUT2D eigenvalue weighted by molar-refractivity contribution is -0.497. The number of nitrogens with one attached hydrogen (secondary N) is 1. The van der Waals surface area contributed by atoms with Gasteiger partial charge in [0.1, 0.15) is 5.92 Å². The van der Waals surface area contributed by atoms with Gasteiger partial charge in [-0.15, -0.1) is 11.3 Å². The maximum Gasteiger partial charge on any atom is 0.236 e. The van der Waals surface area contributed by atoms with Crippen LogP contribution in [0.4, 0.5) is 5.13 Å². The lowest BCUT2D eigenvalue weighted by Crippen LogP contribution is -2.18. The summed E-state index contributed by atoms with van der Waals surface area (Å²) in [6.45, 7) is 1.82. The van der Waals surface area contributed by atoms with E-state index in [1.54, 1.807) is 0 Å². The van der Waals surface area contributed by atoms with Crippen LogP contribution in [0.2, 0.25) is 0 Å². The first-order valence-electron chi connectivity index (χ1n) is 4.44. The summed E-state index contributed by atoms with van der Waals surface area (Å²) >= 11 is 1.32. The topological polar surface area (TPSA) is 85.1 Å². The first kappa shape index (κ1) is 10.0. The standard InChI is InChI=1S/C8H9N3O3S/c1-4-3-15-8(9-4)10-7(12)5-2-6(5)11(13)14/h3,5-6H,2H2,1H3,(H,9,10,12)/t5-,6+/m1/s1. The van der Waals surface area contributed by atoms with E-state index in [2.05, 4.69) is 10.3 Å². The summed E-state index contributed by atoms with van der Waals surface area (Å²) in [5, 5.41) is 15.2. The number of anilines is 1. The van der Waals surface area contributed by atoms with Gasteiger partial charge in [0.25, 0.3) is 0 Å². The molecule has 15 heavy (non-hydrogen) atoms. The number of carbonyl (C=O) groups is 1. The van der Waals surface area contributed by atoms with Crippen LogP contribution in [0, 0.1) is 23.0 Å². The summed E-state index contributed by atoms with van der Waals surface area (Å²) in [5.74, 6) is -0.782. The van der Waals surface area contributed by atoms with Crippen LogP contribution < -0.4 is 5.32 Å². The van der Waals surface area contributed by atoms with Gasteiger partial charge in [-0.1, -0.05) is 0 Å². The molecule has 0 unspecified atom stereocenters. The molecular weight excluding hydrogens is 218 g/mol. The number of nitrogens with zero attached hydrogens (tertiary/aromatic N) is 2. The highest BCUT2D eigenvalue weighted by Crippen LogP contribution is 2.34. The quantitative estimate of drug-likeness (QED) is 0.618. The van der Waals surface area contributed by atoms with Gasteiger partial charge in [-0.05, 0) is 6.92 Å². The molecule has 0 aliphatic heterocycles.